The molecule has 12 heavy (non-hydrogen) atoms. The second-order valence-electron chi connectivity index (χ2n) is 3.12. The van der Waals surface area contributed by atoms with Crippen molar-refractivity contribution in [2.24, 2.45) is 5.10 Å². The van der Waals surface area contributed by atoms with Crippen LogP contribution in [0, 0.1) is 0 Å². The van der Waals surface area contributed by atoms with Crippen LogP contribution in [0.4, 0.5) is 0 Å². The van der Waals surface area contributed by atoms with Gasteiger partial charge in [-0.2, -0.15) is 5.43 Å². The van der Waals surface area contributed by atoms with Gasteiger partial charge in [0.1, 0.15) is 5.84 Å². The highest BCUT2D eigenvalue weighted by atomic mass is 15.4. The van der Waals surface area contributed by atoms with Gasteiger partial charge in [0.25, 0.3) is 0 Å². The van der Waals surface area contributed by atoms with E-state index in [0.29, 0.717) is 0 Å². The Morgan fingerprint density at radius 3 is 2.33 bits per heavy atom. The first-order valence-electron chi connectivity index (χ1n) is 4.86. The predicted octanol–water partition coefficient (Wildman–Crippen LogP) is 1.43. The van der Waals surface area contributed by atoms with Crippen molar-refractivity contribution in [2.45, 2.75) is 33.1 Å². The minimum Gasteiger partial charge on any atom is -0.359 e. The maximum Gasteiger partial charge on any atom is 0.129 e. The van der Waals surface area contributed by atoms with Crippen LogP contribution in [-0.2, 0) is 0 Å². The van der Waals surface area contributed by atoms with Crippen LogP contribution < -0.4 is 5.43 Å². The molecule has 0 saturated carbocycles. The standard InChI is InChI=1S/C9H18N3/c1-3-7-12(8-4-2)9-5-6-10-11-9/h3-8H2,1-2H3. The molecule has 1 rings (SSSR count). The first kappa shape index (κ1) is 9.36. The lowest BCUT2D eigenvalue weighted by molar-refractivity contribution is 0.412. The Balaban J connectivity index is 2.40. The lowest BCUT2D eigenvalue weighted by atomic mass is 10.3. The van der Waals surface area contributed by atoms with E-state index in [1.165, 1.54) is 18.7 Å². The summed E-state index contributed by atoms with van der Waals surface area (Å²) < 4.78 is 0. The van der Waals surface area contributed by atoms with E-state index < -0.39 is 0 Å². The van der Waals surface area contributed by atoms with Gasteiger partial charge in [-0.1, -0.05) is 13.8 Å². The lowest BCUT2D eigenvalue weighted by Gasteiger charge is -2.22. The van der Waals surface area contributed by atoms with Crippen LogP contribution in [0.2, 0.25) is 0 Å². The Morgan fingerprint density at radius 2 is 1.92 bits per heavy atom. The summed E-state index contributed by atoms with van der Waals surface area (Å²) >= 11 is 0. The zero-order chi connectivity index (χ0) is 8.81. The van der Waals surface area contributed by atoms with Crippen LogP contribution in [0.5, 0.6) is 0 Å². The number of rotatable bonds is 4. The topological polar surface area (TPSA) is 29.7 Å². The van der Waals surface area contributed by atoms with Crippen LogP contribution in [0.1, 0.15) is 33.1 Å². The van der Waals surface area contributed by atoms with E-state index in [1.807, 2.05) is 0 Å². The normalized spacial score (nSPS) is 15.7. The van der Waals surface area contributed by atoms with Crippen molar-refractivity contribution in [1.82, 2.24) is 10.3 Å². The van der Waals surface area contributed by atoms with E-state index in [-0.39, 0.29) is 0 Å². The molecule has 0 unspecified atom stereocenters. The zero-order valence-electron chi connectivity index (χ0n) is 8.08. The molecular formula is C9H18N3. The van der Waals surface area contributed by atoms with Crippen LogP contribution in [-0.4, -0.2) is 30.4 Å². The zero-order valence-corrected chi connectivity index (χ0v) is 8.08. The Hall–Kier alpha value is -0.730. The Labute approximate surface area is 74.8 Å². The summed E-state index contributed by atoms with van der Waals surface area (Å²) in [6.07, 6.45) is 3.43. The van der Waals surface area contributed by atoms with E-state index >= 15 is 0 Å². The van der Waals surface area contributed by atoms with Crippen LogP contribution in [0.15, 0.2) is 5.10 Å². The smallest absolute Gasteiger partial charge is 0.129 e. The number of hydrogen-bond acceptors (Lipinski definition) is 2. The molecule has 0 aromatic rings. The van der Waals surface area contributed by atoms with Gasteiger partial charge in [0.2, 0.25) is 0 Å². The summed E-state index contributed by atoms with van der Waals surface area (Å²) in [6.45, 7) is 7.55. The van der Waals surface area contributed by atoms with E-state index in [4.69, 9.17) is 0 Å². The molecule has 1 heterocycles. The van der Waals surface area contributed by atoms with Gasteiger partial charge in [0.15, 0.2) is 0 Å². The summed E-state index contributed by atoms with van der Waals surface area (Å²) in [7, 11) is 0. The molecule has 0 aromatic heterocycles. The summed E-state index contributed by atoms with van der Waals surface area (Å²) in [5, 5.41) is 4.14. The third-order valence-electron chi connectivity index (χ3n) is 1.97. The molecule has 1 radical (unpaired) electrons. The Morgan fingerprint density at radius 1 is 1.25 bits per heavy atom. The van der Waals surface area contributed by atoms with Gasteiger partial charge in [0, 0.05) is 19.5 Å². The van der Waals surface area contributed by atoms with E-state index in [1.54, 1.807) is 0 Å². The molecule has 3 nitrogen and oxygen atoms in total. The first-order chi connectivity index (χ1) is 5.88. The number of nitrogens with zero attached hydrogens (tertiary/aromatic N) is 3. The summed E-state index contributed by atoms with van der Waals surface area (Å²) in [6, 6.07) is 0. The van der Waals surface area contributed by atoms with Gasteiger partial charge < -0.3 is 4.90 Å². The van der Waals surface area contributed by atoms with Crippen molar-refractivity contribution in [3.05, 3.63) is 0 Å². The van der Waals surface area contributed by atoms with Gasteiger partial charge in [-0.3, -0.25) is 0 Å². The fourth-order valence-corrected chi connectivity index (χ4v) is 1.46. The molecule has 0 fully saturated rings. The molecule has 0 spiro atoms. The molecule has 0 aromatic carbocycles. The number of hydrogen-bond donors (Lipinski definition) is 0. The van der Waals surface area contributed by atoms with Gasteiger partial charge in [0.05, 0.1) is 6.54 Å². The minimum atomic E-state index is 0.888. The summed E-state index contributed by atoms with van der Waals surface area (Å²) in [5.74, 6) is 1.19. The summed E-state index contributed by atoms with van der Waals surface area (Å²) in [5.41, 5.74) is 4.00. The monoisotopic (exact) mass is 168 g/mol. The largest absolute Gasteiger partial charge is 0.359 e. The van der Waals surface area contributed by atoms with Crippen LogP contribution >= 0.6 is 0 Å². The lowest BCUT2D eigenvalue weighted by Crippen LogP contribution is -2.31. The maximum absolute atomic E-state index is 4.14. The van der Waals surface area contributed by atoms with Crippen molar-refractivity contribution in [3.8, 4) is 0 Å². The molecule has 0 saturated heterocycles. The molecule has 0 atom stereocenters. The van der Waals surface area contributed by atoms with E-state index in [0.717, 1.165) is 26.1 Å². The fourth-order valence-electron chi connectivity index (χ4n) is 1.46. The highest BCUT2D eigenvalue weighted by Gasteiger charge is 2.13. The maximum atomic E-state index is 4.14. The molecule has 3 heteroatoms. The molecular weight excluding hydrogens is 150 g/mol. The van der Waals surface area contributed by atoms with Crippen LogP contribution in [0.3, 0.4) is 0 Å². The van der Waals surface area contributed by atoms with Crippen molar-refractivity contribution in [2.75, 3.05) is 19.6 Å². The van der Waals surface area contributed by atoms with Crippen molar-refractivity contribution >= 4 is 5.84 Å². The van der Waals surface area contributed by atoms with Gasteiger partial charge in [-0.15, -0.1) is 5.10 Å². The average Bonchev–Trinajstić information content (AvgIpc) is 2.56. The SMILES string of the molecule is CCCN(CCC)C1=N[N]CC1. The third kappa shape index (κ3) is 2.40. The average molecular weight is 168 g/mol. The highest BCUT2D eigenvalue weighted by molar-refractivity contribution is 5.83. The predicted molar refractivity (Wildman–Crippen MR) is 51.2 cm³/mol. The third-order valence-corrected chi connectivity index (χ3v) is 1.97. The van der Waals surface area contributed by atoms with Gasteiger partial charge >= 0.3 is 0 Å². The number of amidine groups is 1. The molecule has 69 valence electrons. The van der Waals surface area contributed by atoms with Crippen molar-refractivity contribution < 1.29 is 0 Å². The first-order valence-corrected chi connectivity index (χ1v) is 4.86. The van der Waals surface area contributed by atoms with Gasteiger partial charge in [-0.25, -0.2) is 0 Å². The Bertz CT molecular complexity index is 148. The molecule has 0 N–H and O–H groups in total. The molecule has 0 bridgehead atoms. The highest BCUT2D eigenvalue weighted by Crippen LogP contribution is 2.04. The Kier molecular flexibility index (Phi) is 3.91. The van der Waals surface area contributed by atoms with Gasteiger partial charge in [-0.05, 0) is 12.8 Å². The quantitative estimate of drug-likeness (QED) is 0.624. The molecule has 0 aliphatic carbocycles. The van der Waals surface area contributed by atoms with Crippen molar-refractivity contribution in [1.29, 1.82) is 0 Å². The second-order valence-corrected chi connectivity index (χ2v) is 3.12. The van der Waals surface area contributed by atoms with E-state index in [2.05, 4.69) is 29.3 Å². The van der Waals surface area contributed by atoms with Crippen LogP contribution in [0.25, 0.3) is 0 Å². The molecule has 1 aliphatic rings. The molecule has 1 aliphatic heterocycles. The van der Waals surface area contributed by atoms with Crippen molar-refractivity contribution in [3.63, 3.8) is 0 Å². The fraction of sp³-hybridized carbons (Fsp3) is 0.889. The minimum absolute atomic E-state index is 0.888. The summed E-state index contributed by atoms with van der Waals surface area (Å²) in [4.78, 5) is 2.36. The second kappa shape index (κ2) is 5.01. The molecule has 0 amide bonds. The van der Waals surface area contributed by atoms with E-state index in [9.17, 15) is 0 Å².